The van der Waals surface area contributed by atoms with E-state index in [1.807, 2.05) is 18.2 Å². The number of furan rings is 2. The fourth-order valence-corrected chi connectivity index (χ4v) is 10.4. The predicted molar refractivity (Wildman–Crippen MR) is 237 cm³/mol. The molecule has 0 saturated carbocycles. The number of fused-ring (bicyclic) bond motifs is 17. The van der Waals surface area contributed by atoms with Crippen LogP contribution in [0.1, 0.15) is 22.3 Å². The molecule has 3 heteroatoms. The van der Waals surface area contributed by atoms with Gasteiger partial charge in [-0.2, -0.15) is 0 Å². The summed E-state index contributed by atoms with van der Waals surface area (Å²) in [7, 11) is 0. The summed E-state index contributed by atoms with van der Waals surface area (Å²) in [5, 5.41) is 4.27. The minimum atomic E-state index is -0.473. The third-order valence-electron chi connectivity index (χ3n) is 12.7. The zero-order valence-electron chi connectivity index (χ0n) is 31.3. The topological polar surface area (TPSA) is 29.5 Å². The second-order valence-electron chi connectivity index (χ2n) is 15.5. The number of rotatable bonds is 4. The van der Waals surface area contributed by atoms with Crippen LogP contribution in [0.3, 0.4) is 0 Å². The summed E-state index contributed by atoms with van der Waals surface area (Å²) in [6.07, 6.45) is 0. The molecule has 0 unspecified atom stereocenters. The maximum absolute atomic E-state index is 7.14. The van der Waals surface area contributed by atoms with E-state index >= 15 is 0 Å². The highest BCUT2D eigenvalue weighted by Gasteiger charge is 2.51. The molecule has 0 aliphatic heterocycles. The Morgan fingerprint density at radius 1 is 0.345 bits per heavy atom. The van der Waals surface area contributed by atoms with Gasteiger partial charge in [-0.3, -0.25) is 0 Å². The Hall–Kier alpha value is -7.62. The summed E-state index contributed by atoms with van der Waals surface area (Å²) in [6, 6.07) is 72.4. The molecule has 13 rings (SSSR count). The van der Waals surface area contributed by atoms with E-state index < -0.39 is 5.41 Å². The van der Waals surface area contributed by atoms with Crippen molar-refractivity contribution in [2.24, 2.45) is 0 Å². The van der Waals surface area contributed by atoms with Crippen molar-refractivity contribution < 1.29 is 8.83 Å². The Morgan fingerprint density at radius 2 is 0.879 bits per heavy atom. The summed E-state index contributed by atoms with van der Waals surface area (Å²) in [6.45, 7) is 0. The quantitative estimate of drug-likeness (QED) is 0.180. The summed E-state index contributed by atoms with van der Waals surface area (Å²) < 4.78 is 13.5. The Kier molecular flexibility index (Phi) is 6.37. The number of nitrogens with zero attached hydrogens (tertiary/aromatic N) is 1. The number of para-hydroxylation sites is 2. The van der Waals surface area contributed by atoms with Gasteiger partial charge in [0, 0.05) is 38.5 Å². The second kappa shape index (κ2) is 11.7. The fourth-order valence-electron chi connectivity index (χ4n) is 10.4. The average Bonchev–Trinajstić information content (AvgIpc) is 4.02. The van der Waals surface area contributed by atoms with Gasteiger partial charge in [0.1, 0.15) is 16.7 Å². The van der Waals surface area contributed by atoms with Crippen LogP contribution in [-0.4, -0.2) is 0 Å². The molecule has 3 nitrogen and oxygen atoms in total. The van der Waals surface area contributed by atoms with Crippen molar-refractivity contribution in [1.29, 1.82) is 0 Å². The molecule has 1 spiro atoms. The third-order valence-corrected chi connectivity index (χ3v) is 12.7. The largest absolute Gasteiger partial charge is 0.456 e. The van der Waals surface area contributed by atoms with E-state index in [2.05, 4.69) is 187 Å². The predicted octanol–water partition coefficient (Wildman–Crippen LogP) is 15.0. The fraction of sp³-hybridized carbons (Fsp3) is 0.0182. The van der Waals surface area contributed by atoms with E-state index in [-0.39, 0.29) is 0 Å². The Morgan fingerprint density at radius 3 is 1.57 bits per heavy atom. The second-order valence-corrected chi connectivity index (χ2v) is 15.5. The van der Waals surface area contributed by atoms with E-state index in [0.717, 1.165) is 72.1 Å². The Labute approximate surface area is 334 Å². The lowest BCUT2D eigenvalue weighted by Gasteiger charge is -2.32. The normalized spacial score (nSPS) is 13.3. The van der Waals surface area contributed by atoms with E-state index in [1.165, 1.54) is 44.5 Å². The van der Waals surface area contributed by atoms with Gasteiger partial charge in [-0.15, -0.1) is 0 Å². The summed E-state index contributed by atoms with van der Waals surface area (Å²) in [5.74, 6) is 0. The molecule has 270 valence electrons. The van der Waals surface area contributed by atoms with Crippen LogP contribution in [0.2, 0.25) is 0 Å². The van der Waals surface area contributed by atoms with Crippen molar-refractivity contribution in [2.75, 3.05) is 4.90 Å². The molecule has 2 aromatic heterocycles. The maximum atomic E-state index is 7.14. The van der Waals surface area contributed by atoms with Crippen molar-refractivity contribution in [3.05, 3.63) is 222 Å². The van der Waals surface area contributed by atoms with Gasteiger partial charge in [-0.05, 0) is 98.6 Å². The van der Waals surface area contributed by atoms with Crippen molar-refractivity contribution in [3.63, 3.8) is 0 Å². The summed E-state index contributed by atoms with van der Waals surface area (Å²) >= 11 is 0. The monoisotopic (exact) mass is 739 g/mol. The molecule has 2 aliphatic carbocycles. The van der Waals surface area contributed by atoms with E-state index in [9.17, 15) is 0 Å². The SMILES string of the molecule is c1ccc(-c2ccc3c(oc4ccc5oc6ccccc6c5c43)c2N(c2ccccc2)c2ccc3c(c2)C2(c4ccccc4-c4ccccc42)c2ccccc2-3)cc1. The third kappa shape index (κ3) is 4.07. The van der Waals surface area contributed by atoms with Crippen LogP contribution in [0, 0.1) is 0 Å². The molecule has 11 aromatic rings. The van der Waals surface area contributed by atoms with Gasteiger partial charge in [-0.1, -0.05) is 152 Å². The van der Waals surface area contributed by atoms with Crippen molar-refractivity contribution >= 4 is 60.9 Å². The molecular weight excluding hydrogens is 707 g/mol. The van der Waals surface area contributed by atoms with Gasteiger partial charge in [0.15, 0.2) is 5.58 Å². The van der Waals surface area contributed by atoms with Gasteiger partial charge >= 0.3 is 0 Å². The molecule has 0 fully saturated rings. The Bertz CT molecular complexity index is 3400. The molecule has 2 aliphatic rings. The van der Waals surface area contributed by atoms with E-state index in [0.29, 0.717) is 0 Å². The van der Waals surface area contributed by atoms with Crippen LogP contribution < -0.4 is 4.90 Å². The highest BCUT2D eigenvalue weighted by molar-refractivity contribution is 6.27. The van der Waals surface area contributed by atoms with Crippen LogP contribution in [0.5, 0.6) is 0 Å². The standard InChI is InChI=1S/C55H33NO2/c1-3-15-34(16-4-1)37-29-30-43-52-50(32-31-49-51(52)42-22-10-14-26-48(42)57-49)58-54(43)53(37)56(35-17-5-2-6-18-35)36-27-28-41-40-21-9-13-25-46(40)55(47(41)33-36)44-23-11-7-19-38(44)39-20-8-12-24-45(39)55/h1-33H. The minimum absolute atomic E-state index is 0.473. The summed E-state index contributed by atoms with van der Waals surface area (Å²) in [5.41, 5.74) is 18.6. The smallest absolute Gasteiger partial charge is 0.160 e. The lowest BCUT2D eigenvalue weighted by atomic mass is 9.70. The van der Waals surface area contributed by atoms with Gasteiger partial charge in [0.2, 0.25) is 0 Å². The first-order valence-corrected chi connectivity index (χ1v) is 19.9. The molecule has 0 radical (unpaired) electrons. The number of anilines is 3. The lowest BCUT2D eigenvalue weighted by Crippen LogP contribution is -2.26. The van der Waals surface area contributed by atoms with Crippen LogP contribution in [-0.2, 0) is 5.41 Å². The first-order valence-electron chi connectivity index (χ1n) is 19.9. The van der Waals surface area contributed by atoms with Crippen LogP contribution in [0.25, 0.3) is 77.3 Å². The highest BCUT2D eigenvalue weighted by Crippen LogP contribution is 2.63. The Balaban J connectivity index is 1.15. The maximum Gasteiger partial charge on any atom is 0.160 e. The zero-order chi connectivity index (χ0) is 38.0. The number of hydrogen-bond donors (Lipinski definition) is 0. The van der Waals surface area contributed by atoms with Crippen LogP contribution >= 0.6 is 0 Å². The van der Waals surface area contributed by atoms with E-state index in [1.54, 1.807) is 0 Å². The minimum Gasteiger partial charge on any atom is -0.456 e. The molecule has 0 N–H and O–H groups in total. The number of hydrogen-bond acceptors (Lipinski definition) is 3. The van der Waals surface area contributed by atoms with Crippen molar-refractivity contribution in [3.8, 4) is 33.4 Å². The molecule has 0 saturated heterocycles. The zero-order valence-corrected chi connectivity index (χ0v) is 31.3. The van der Waals surface area contributed by atoms with E-state index in [4.69, 9.17) is 8.83 Å². The number of benzene rings is 9. The van der Waals surface area contributed by atoms with Gasteiger partial charge in [0.25, 0.3) is 0 Å². The first kappa shape index (κ1) is 31.6. The van der Waals surface area contributed by atoms with Crippen molar-refractivity contribution in [2.45, 2.75) is 5.41 Å². The molecular formula is C55H33NO2. The first-order chi connectivity index (χ1) is 28.8. The van der Waals surface area contributed by atoms with Gasteiger partial charge < -0.3 is 13.7 Å². The van der Waals surface area contributed by atoms with Crippen LogP contribution in [0.4, 0.5) is 17.1 Å². The molecule has 0 atom stereocenters. The molecule has 0 bridgehead atoms. The average molecular weight is 740 g/mol. The van der Waals surface area contributed by atoms with Gasteiger partial charge in [-0.25, -0.2) is 0 Å². The van der Waals surface area contributed by atoms with Crippen LogP contribution in [0.15, 0.2) is 209 Å². The molecule has 58 heavy (non-hydrogen) atoms. The van der Waals surface area contributed by atoms with Gasteiger partial charge in [0.05, 0.1) is 11.1 Å². The molecule has 0 amide bonds. The summed E-state index contributed by atoms with van der Waals surface area (Å²) in [4.78, 5) is 2.42. The highest BCUT2D eigenvalue weighted by atomic mass is 16.3. The molecule has 2 heterocycles. The molecule has 9 aromatic carbocycles. The lowest BCUT2D eigenvalue weighted by molar-refractivity contribution is 0.663. The van der Waals surface area contributed by atoms with Crippen molar-refractivity contribution in [1.82, 2.24) is 0 Å².